The van der Waals surface area contributed by atoms with Crippen LogP contribution in [0.15, 0.2) is 29.8 Å². The van der Waals surface area contributed by atoms with E-state index in [1.807, 2.05) is 50.7 Å². The number of ketones is 1. The highest BCUT2D eigenvalue weighted by Gasteiger charge is 2.13. The van der Waals surface area contributed by atoms with E-state index in [2.05, 4.69) is 9.88 Å². The van der Waals surface area contributed by atoms with Crippen molar-refractivity contribution in [2.45, 2.75) is 26.8 Å². The fourth-order valence-corrected chi connectivity index (χ4v) is 2.84. The molecule has 0 radical (unpaired) electrons. The maximum atomic E-state index is 12.0. The van der Waals surface area contributed by atoms with Gasteiger partial charge in [0, 0.05) is 29.6 Å². The van der Waals surface area contributed by atoms with E-state index in [1.54, 1.807) is 11.3 Å². The minimum Gasteiger partial charge on any atom is -0.369 e. The van der Waals surface area contributed by atoms with Crippen molar-refractivity contribution in [3.8, 4) is 0 Å². The van der Waals surface area contributed by atoms with Crippen molar-refractivity contribution >= 4 is 22.8 Å². The first-order valence-electron chi connectivity index (χ1n) is 6.35. The molecule has 0 aliphatic carbocycles. The van der Waals surface area contributed by atoms with E-state index < -0.39 is 0 Å². The second-order valence-electron chi connectivity index (χ2n) is 4.51. The monoisotopic (exact) mass is 274 g/mol. The Morgan fingerprint density at radius 1 is 1.37 bits per heavy atom. The highest BCUT2D eigenvalue weighted by Crippen LogP contribution is 2.24. The Hall–Kier alpha value is -1.68. The van der Waals surface area contributed by atoms with Gasteiger partial charge >= 0.3 is 0 Å². The lowest BCUT2D eigenvalue weighted by Gasteiger charge is -2.21. The van der Waals surface area contributed by atoms with Gasteiger partial charge in [-0.15, -0.1) is 11.3 Å². The first-order chi connectivity index (χ1) is 9.13. The third-order valence-electron chi connectivity index (χ3n) is 3.16. The summed E-state index contributed by atoms with van der Waals surface area (Å²) < 4.78 is 0. The molecule has 0 bridgehead atoms. The Balaban J connectivity index is 2.26. The second kappa shape index (κ2) is 5.97. The van der Waals surface area contributed by atoms with Crippen LogP contribution in [0, 0.1) is 6.92 Å². The van der Waals surface area contributed by atoms with E-state index >= 15 is 0 Å². The van der Waals surface area contributed by atoms with Crippen molar-refractivity contribution < 1.29 is 4.79 Å². The van der Waals surface area contributed by atoms with Gasteiger partial charge in [0.05, 0.1) is 17.7 Å². The molecule has 1 heterocycles. The molecule has 0 unspecified atom stereocenters. The number of carbonyl (C=O) groups excluding carboxylic acids is 1. The predicted molar refractivity (Wildman–Crippen MR) is 80.0 cm³/mol. The van der Waals surface area contributed by atoms with Gasteiger partial charge < -0.3 is 4.90 Å². The van der Waals surface area contributed by atoms with Gasteiger partial charge in [0.15, 0.2) is 5.78 Å². The van der Waals surface area contributed by atoms with E-state index in [9.17, 15) is 4.79 Å². The van der Waals surface area contributed by atoms with Crippen LogP contribution in [-0.4, -0.2) is 17.8 Å². The topological polar surface area (TPSA) is 33.2 Å². The molecule has 2 rings (SSSR count). The summed E-state index contributed by atoms with van der Waals surface area (Å²) in [6.45, 7) is 4.69. The van der Waals surface area contributed by atoms with E-state index in [0.717, 1.165) is 23.5 Å². The number of hydrogen-bond donors (Lipinski definition) is 0. The van der Waals surface area contributed by atoms with Gasteiger partial charge in [-0.3, -0.25) is 4.79 Å². The predicted octanol–water partition coefficient (Wildman–Crippen LogP) is 3.68. The van der Waals surface area contributed by atoms with Crippen molar-refractivity contribution in [2.75, 3.05) is 11.9 Å². The van der Waals surface area contributed by atoms with Gasteiger partial charge in [-0.25, -0.2) is 4.98 Å². The van der Waals surface area contributed by atoms with Crippen molar-refractivity contribution in [1.29, 1.82) is 0 Å². The highest BCUT2D eigenvalue weighted by molar-refractivity contribution is 7.09. The standard InChI is InChI=1S/C15H18N2OS/c1-4-14(18)12-7-5-6-8-13(12)17(3)9-15-11(2)16-10-19-15/h5-8,10H,4,9H2,1-3H3. The fraction of sp³-hybridized carbons (Fsp3) is 0.333. The van der Waals surface area contributed by atoms with Crippen LogP contribution < -0.4 is 4.90 Å². The third kappa shape index (κ3) is 3.01. The van der Waals surface area contributed by atoms with Crippen LogP contribution in [0.25, 0.3) is 0 Å². The Kier molecular flexibility index (Phi) is 4.32. The quantitative estimate of drug-likeness (QED) is 0.780. The summed E-state index contributed by atoms with van der Waals surface area (Å²) in [5.41, 5.74) is 4.72. The largest absolute Gasteiger partial charge is 0.369 e. The number of rotatable bonds is 5. The van der Waals surface area contributed by atoms with Crippen molar-refractivity contribution in [2.24, 2.45) is 0 Å². The summed E-state index contributed by atoms with van der Waals surface area (Å²) in [5.74, 6) is 0.184. The molecular weight excluding hydrogens is 256 g/mol. The number of thiazole rings is 1. The molecule has 0 amide bonds. The molecule has 0 atom stereocenters. The molecule has 0 N–H and O–H groups in total. The van der Waals surface area contributed by atoms with Gasteiger partial charge in [-0.1, -0.05) is 19.1 Å². The van der Waals surface area contributed by atoms with E-state index in [-0.39, 0.29) is 5.78 Å². The van der Waals surface area contributed by atoms with Crippen molar-refractivity contribution in [1.82, 2.24) is 4.98 Å². The van der Waals surface area contributed by atoms with Gasteiger partial charge in [-0.05, 0) is 19.1 Å². The summed E-state index contributed by atoms with van der Waals surface area (Å²) in [7, 11) is 2.01. The van der Waals surface area contributed by atoms with Crippen LogP contribution in [0.5, 0.6) is 0 Å². The molecule has 0 aliphatic heterocycles. The normalized spacial score (nSPS) is 10.5. The molecule has 4 heteroatoms. The number of nitrogens with zero attached hydrogens (tertiary/aromatic N) is 2. The first-order valence-corrected chi connectivity index (χ1v) is 7.23. The number of benzene rings is 1. The SMILES string of the molecule is CCC(=O)c1ccccc1N(C)Cc1scnc1C. The lowest BCUT2D eigenvalue weighted by atomic mass is 10.1. The van der Waals surface area contributed by atoms with Gasteiger partial charge in [0.1, 0.15) is 0 Å². The zero-order valence-corrected chi connectivity index (χ0v) is 12.3. The van der Waals surface area contributed by atoms with Crippen LogP contribution in [0.3, 0.4) is 0 Å². The van der Waals surface area contributed by atoms with Crippen LogP contribution in [0.4, 0.5) is 5.69 Å². The first kappa shape index (κ1) is 13.7. The molecule has 0 saturated heterocycles. The lowest BCUT2D eigenvalue weighted by Crippen LogP contribution is -2.19. The third-order valence-corrected chi connectivity index (χ3v) is 4.08. The minimum atomic E-state index is 0.184. The molecule has 1 aromatic carbocycles. The van der Waals surface area contributed by atoms with Gasteiger partial charge in [-0.2, -0.15) is 0 Å². The molecule has 19 heavy (non-hydrogen) atoms. The number of para-hydroxylation sites is 1. The lowest BCUT2D eigenvalue weighted by molar-refractivity contribution is 0.0988. The van der Waals surface area contributed by atoms with E-state index in [1.165, 1.54) is 4.88 Å². The minimum absolute atomic E-state index is 0.184. The van der Waals surface area contributed by atoms with Crippen LogP contribution in [0.1, 0.15) is 34.3 Å². The Labute approximate surface area is 117 Å². The number of carbonyl (C=O) groups is 1. The molecule has 0 fully saturated rings. The second-order valence-corrected chi connectivity index (χ2v) is 5.45. The van der Waals surface area contributed by atoms with Gasteiger partial charge in [0.25, 0.3) is 0 Å². The molecule has 2 aromatic rings. The summed E-state index contributed by atoms with van der Waals surface area (Å²) >= 11 is 1.65. The van der Waals surface area contributed by atoms with E-state index in [4.69, 9.17) is 0 Å². The van der Waals surface area contributed by atoms with Gasteiger partial charge in [0.2, 0.25) is 0 Å². The number of Topliss-reactive ketones (excluding diaryl/α,β-unsaturated/α-hetero) is 1. The van der Waals surface area contributed by atoms with Crippen LogP contribution >= 0.6 is 11.3 Å². The van der Waals surface area contributed by atoms with Crippen molar-refractivity contribution in [3.05, 3.63) is 45.9 Å². The average molecular weight is 274 g/mol. The van der Waals surface area contributed by atoms with Crippen LogP contribution in [-0.2, 0) is 6.54 Å². The molecule has 3 nitrogen and oxygen atoms in total. The fourth-order valence-electron chi connectivity index (χ4n) is 2.01. The van der Waals surface area contributed by atoms with Crippen LogP contribution in [0.2, 0.25) is 0 Å². The molecule has 100 valence electrons. The molecular formula is C15H18N2OS. The number of aryl methyl sites for hydroxylation is 1. The number of hydrogen-bond acceptors (Lipinski definition) is 4. The maximum absolute atomic E-state index is 12.0. The molecule has 0 saturated carbocycles. The molecule has 0 aliphatic rings. The van der Waals surface area contributed by atoms with Crippen molar-refractivity contribution in [3.63, 3.8) is 0 Å². The Morgan fingerprint density at radius 3 is 2.74 bits per heavy atom. The Bertz CT molecular complexity index is 577. The summed E-state index contributed by atoms with van der Waals surface area (Å²) in [6.07, 6.45) is 0.532. The zero-order chi connectivity index (χ0) is 13.8. The molecule has 0 spiro atoms. The Morgan fingerprint density at radius 2 is 2.11 bits per heavy atom. The number of aromatic nitrogens is 1. The summed E-state index contributed by atoms with van der Waals surface area (Å²) in [6, 6.07) is 7.78. The maximum Gasteiger partial charge on any atom is 0.164 e. The summed E-state index contributed by atoms with van der Waals surface area (Å²) in [5, 5.41) is 0. The smallest absolute Gasteiger partial charge is 0.164 e. The zero-order valence-electron chi connectivity index (χ0n) is 11.5. The van der Waals surface area contributed by atoms with E-state index in [0.29, 0.717) is 6.42 Å². The summed E-state index contributed by atoms with van der Waals surface area (Å²) in [4.78, 5) is 19.6. The average Bonchev–Trinajstić information content (AvgIpc) is 2.83. The number of anilines is 1. The molecule has 1 aromatic heterocycles. The highest BCUT2D eigenvalue weighted by atomic mass is 32.1.